The highest BCUT2D eigenvalue weighted by atomic mass is 127. The van der Waals surface area contributed by atoms with Crippen molar-refractivity contribution in [3.8, 4) is 0 Å². The zero-order chi connectivity index (χ0) is 10.9. The average molecular weight is 301 g/mol. The van der Waals surface area contributed by atoms with Crippen molar-refractivity contribution in [2.75, 3.05) is 0 Å². The molecule has 3 heteroatoms. The Hall–Kier alpha value is -0.0551. The van der Waals surface area contributed by atoms with Crippen LogP contribution in [0.4, 0.5) is 0 Å². The molecule has 0 saturated carbocycles. The maximum absolute atomic E-state index is 4.44. The fraction of sp³-hybridized carbons (Fsp3) is 0.545. The van der Waals surface area contributed by atoms with Gasteiger partial charge >= 0.3 is 0 Å². The molecule has 1 aromatic heterocycles. The van der Waals surface area contributed by atoms with Gasteiger partial charge in [-0.25, -0.2) is 0 Å². The highest BCUT2D eigenvalue weighted by molar-refractivity contribution is 14.1. The van der Waals surface area contributed by atoms with Crippen LogP contribution in [0.3, 0.4) is 0 Å². The van der Waals surface area contributed by atoms with Gasteiger partial charge in [0.05, 0.1) is 0 Å². The average Bonchev–Trinajstić information content (AvgIpc) is 2.08. The standard InChI is InChI=1S/C11H17BIN/c1-6(2)10-7(3)11(12)14-5-9(10)8(4)13/h5-6,8H,12H2,1-4H3. The summed E-state index contributed by atoms with van der Waals surface area (Å²) in [6.07, 6.45) is 2.04. The number of halogens is 1. The molecular weight excluding hydrogens is 284 g/mol. The van der Waals surface area contributed by atoms with Crippen LogP contribution in [0.25, 0.3) is 0 Å². The molecule has 76 valence electrons. The van der Waals surface area contributed by atoms with Gasteiger partial charge in [-0.05, 0) is 42.0 Å². The molecule has 1 heterocycles. The quantitative estimate of drug-likeness (QED) is 0.464. The van der Waals surface area contributed by atoms with Gasteiger partial charge in [0, 0.05) is 10.1 Å². The summed E-state index contributed by atoms with van der Waals surface area (Å²) in [6, 6.07) is 0. The van der Waals surface area contributed by atoms with Crippen molar-refractivity contribution in [3.05, 3.63) is 22.9 Å². The number of alkyl halides is 1. The van der Waals surface area contributed by atoms with Gasteiger partial charge in [-0.1, -0.05) is 36.4 Å². The van der Waals surface area contributed by atoms with E-state index < -0.39 is 0 Å². The van der Waals surface area contributed by atoms with Crippen molar-refractivity contribution in [1.29, 1.82) is 0 Å². The Balaban J connectivity index is 3.38. The second-order valence-corrected chi connectivity index (χ2v) is 5.98. The molecule has 1 atom stereocenters. The van der Waals surface area contributed by atoms with Gasteiger partial charge in [-0.15, -0.1) is 0 Å². The third-order valence-electron chi connectivity index (χ3n) is 2.66. The number of hydrogen-bond acceptors (Lipinski definition) is 1. The second kappa shape index (κ2) is 4.64. The van der Waals surface area contributed by atoms with E-state index in [-0.39, 0.29) is 0 Å². The number of hydrogen-bond donors (Lipinski definition) is 0. The SMILES string of the molecule is Bc1ncc(C(C)I)c(C(C)C)c1C. The van der Waals surface area contributed by atoms with Crippen molar-refractivity contribution < 1.29 is 0 Å². The first kappa shape index (κ1) is 12.0. The van der Waals surface area contributed by atoms with Gasteiger partial charge in [0.2, 0.25) is 0 Å². The fourth-order valence-corrected chi connectivity index (χ4v) is 2.32. The number of rotatable bonds is 2. The largest absolute Gasteiger partial charge is 0.272 e. The van der Waals surface area contributed by atoms with E-state index in [0.29, 0.717) is 9.84 Å². The predicted molar refractivity (Wildman–Crippen MR) is 73.7 cm³/mol. The highest BCUT2D eigenvalue weighted by Crippen LogP contribution is 2.30. The summed E-state index contributed by atoms with van der Waals surface area (Å²) in [7, 11) is 2.09. The van der Waals surface area contributed by atoms with E-state index in [0.717, 1.165) is 5.59 Å². The maximum atomic E-state index is 4.44. The molecule has 0 fully saturated rings. The summed E-state index contributed by atoms with van der Waals surface area (Å²) in [5, 5.41) is 0. The summed E-state index contributed by atoms with van der Waals surface area (Å²) in [4.78, 5) is 4.44. The Morgan fingerprint density at radius 3 is 2.36 bits per heavy atom. The molecule has 0 aliphatic carbocycles. The summed E-state index contributed by atoms with van der Waals surface area (Å²) in [6.45, 7) is 8.91. The normalized spacial score (nSPS) is 13.3. The lowest BCUT2D eigenvalue weighted by Gasteiger charge is -2.18. The monoisotopic (exact) mass is 301 g/mol. The van der Waals surface area contributed by atoms with Crippen molar-refractivity contribution in [3.63, 3.8) is 0 Å². The van der Waals surface area contributed by atoms with Crippen LogP contribution in [0.2, 0.25) is 0 Å². The molecule has 0 radical (unpaired) electrons. The molecule has 1 unspecified atom stereocenters. The Morgan fingerprint density at radius 2 is 1.93 bits per heavy atom. The Labute approximate surface area is 101 Å². The molecule has 1 nitrogen and oxygen atoms in total. The van der Waals surface area contributed by atoms with Crippen molar-refractivity contribution >= 4 is 36.0 Å². The van der Waals surface area contributed by atoms with Crippen LogP contribution in [0.5, 0.6) is 0 Å². The van der Waals surface area contributed by atoms with Crippen LogP contribution in [-0.4, -0.2) is 12.8 Å². The first-order valence-corrected chi connectivity index (χ1v) is 6.29. The van der Waals surface area contributed by atoms with Crippen LogP contribution in [-0.2, 0) is 0 Å². The predicted octanol–water partition coefficient (Wildman–Crippen LogP) is 2.27. The lowest BCUT2D eigenvalue weighted by molar-refractivity contribution is 0.831. The smallest absolute Gasteiger partial charge is 0.164 e. The summed E-state index contributed by atoms with van der Waals surface area (Å²) in [5.74, 6) is 0.587. The highest BCUT2D eigenvalue weighted by Gasteiger charge is 2.14. The van der Waals surface area contributed by atoms with Gasteiger partial charge in [0.15, 0.2) is 7.85 Å². The van der Waals surface area contributed by atoms with Crippen LogP contribution in [0.15, 0.2) is 6.20 Å². The molecular formula is C11H17BIN. The molecule has 14 heavy (non-hydrogen) atoms. The molecule has 0 bridgehead atoms. The lowest BCUT2D eigenvalue weighted by atomic mass is 9.87. The second-order valence-electron chi connectivity index (χ2n) is 4.11. The molecule has 0 saturated heterocycles. The molecule has 0 aromatic carbocycles. The molecule has 1 aromatic rings. The maximum Gasteiger partial charge on any atom is 0.164 e. The first-order chi connectivity index (χ1) is 6.45. The minimum Gasteiger partial charge on any atom is -0.272 e. The molecule has 0 spiro atoms. The van der Waals surface area contributed by atoms with E-state index in [1.54, 1.807) is 0 Å². The summed E-state index contributed by atoms with van der Waals surface area (Å²) >= 11 is 2.46. The summed E-state index contributed by atoms with van der Waals surface area (Å²) in [5.41, 5.74) is 5.40. The summed E-state index contributed by atoms with van der Waals surface area (Å²) < 4.78 is 0.539. The number of nitrogens with zero attached hydrogens (tertiary/aromatic N) is 1. The Kier molecular flexibility index (Phi) is 3.99. The first-order valence-electron chi connectivity index (χ1n) is 5.05. The third-order valence-corrected chi connectivity index (χ3v) is 3.33. The zero-order valence-electron chi connectivity index (χ0n) is 9.56. The minimum atomic E-state index is 0.539. The minimum absolute atomic E-state index is 0.539. The van der Waals surface area contributed by atoms with Gasteiger partial charge < -0.3 is 0 Å². The Bertz CT molecular complexity index is 334. The number of pyridine rings is 1. The van der Waals surface area contributed by atoms with E-state index in [2.05, 4.69) is 63.1 Å². The van der Waals surface area contributed by atoms with E-state index in [4.69, 9.17) is 0 Å². The molecule has 0 aliphatic heterocycles. The van der Waals surface area contributed by atoms with Crippen molar-refractivity contribution in [2.45, 2.75) is 37.5 Å². The zero-order valence-corrected chi connectivity index (χ0v) is 11.7. The third kappa shape index (κ3) is 2.30. The van der Waals surface area contributed by atoms with Crippen molar-refractivity contribution in [2.24, 2.45) is 0 Å². The van der Waals surface area contributed by atoms with Gasteiger partial charge in [-0.3, -0.25) is 4.98 Å². The van der Waals surface area contributed by atoms with E-state index in [9.17, 15) is 0 Å². The fourth-order valence-electron chi connectivity index (χ4n) is 1.83. The number of aromatic nitrogens is 1. The van der Waals surface area contributed by atoms with Gasteiger partial charge in [0.1, 0.15) is 0 Å². The van der Waals surface area contributed by atoms with Crippen LogP contribution < -0.4 is 5.59 Å². The Morgan fingerprint density at radius 1 is 1.36 bits per heavy atom. The van der Waals surface area contributed by atoms with Gasteiger partial charge in [-0.2, -0.15) is 0 Å². The van der Waals surface area contributed by atoms with Crippen LogP contribution in [0.1, 0.15) is 47.3 Å². The van der Waals surface area contributed by atoms with Gasteiger partial charge in [0.25, 0.3) is 0 Å². The van der Waals surface area contributed by atoms with E-state index in [1.807, 2.05) is 6.20 Å². The van der Waals surface area contributed by atoms with Crippen molar-refractivity contribution in [1.82, 2.24) is 4.98 Å². The molecule has 0 aliphatic rings. The van der Waals surface area contributed by atoms with E-state index >= 15 is 0 Å². The topological polar surface area (TPSA) is 12.9 Å². The van der Waals surface area contributed by atoms with Crippen LogP contribution in [0, 0.1) is 6.92 Å². The molecule has 0 amide bonds. The lowest BCUT2D eigenvalue weighted by Crippen LogP contribution is -2.17. The molecule has 0 N–H and O–H groups in total. The van der Waals surface area contributed by atoms with Crippen LogP contribution >= 0.6 is 22.6 Å². The molecule has 1 rings (SSSR count). The van der Waals surface area contributed by atoms with E-state index in [1.165, 1.54) is 16.7 Å².